The van der Waals surface area contributed by atoms with Gasteiger partial charge in [0.25, 0.3) is 5.91 Å². The van der Waals surface area contributed by atoms with E-state index >= 15 is 0 Å². The molecular formula is C21H21Cl2N3O2. The van der Waals surface area contributed by atoms with E-state index in [2.05, 4.69) is 10.4 Å². The van der Waals surface area contributed by atoms with Crippen LogP contribution in [0.1, 0.15) is 34.1 Å². The van der Waals surface area contributed by atoms with Gasteiger partial charge in [-0.3, -0.25) is 9.48 Å². The summed E-state index contributed by atoms with van der Waals surface area (Å²) >= 11 is 12.1. The largest absolute Gasteiger partial charge is 0.489 e. The van der Waals surface area contributed by atoms with Crippen molar-refractivity contribution >= 4 is 29.1 Å². The molecule has 0 radical (unpaired) electrons. The molecule has 28 heavy (non-hydrogen) atoms. The summed E-state index contributed by atoms with van der Waals surface area (Å²) in [4.78, 5) is 12.5. The van der Waals surface area contributed by atoms with Crippen molar-refractivity contribution in [1.29, 1.82) is 0 Å². The Balaban J connectivity index is 1.61. The maximum Gasteiger partial charge on any atom is 0.251 e. The molecule has 1 amide bonds. The summed E-state index contributed by atoms with van der Waals surface area (Å²) in [5.41, 5.74) is 3.06. The Kier molecular flexibility index (Phi) is 6.60. The zero-order valence-electron chi connectivity index (χ0n) is 15.7. The second-order valence-electron chi connectivity index (χ2n) is 6.36. The Bertz CT molecular complexity index is 986. The van der Waals surface area contributed by atoms with Crippen LogP contribution in [0.2, 0.25) is 10.0 Å². The van der Waals surface area contributed by atoms with Crippen LogP contribution in [0.4, 0.5) is 0 Å². The molecule has 1 aromatic heterocycles. The highest BCUT2D eigenvalue weighted by molar-refractivity contribution is 6.31. The first kappa shape index (κ1) is 20.2. The Hall–Kier alpha value is -2.50. The zero-order valence-corrected chi connectivity index (χ0v) is 17.2. The van der Waals surface area contributed by atoms with Crippen LogP contribution in [0, 0.1) is 6.92 Å². The summed E-state index contributed by atoms with van der Waals surface area (Å²) in [6.07, 6.45) is 1.75. The minimum Gasteiger partial charge on any atom is -0.489 e. The van der Waals surface area contributed by atoms with Gasteiger partial charge in [0.1, 0.15) is 18.1 Å². The van der Waals surface area contributed by atoms with Crippen LogP contribution in [-0.4, -0.2) is 15.7 Å². The number of carbonyl (C=O) groups excluding carboxylic acids is 1. The average Bonchev–Trinajstić information content (AvgIpc) is 3.05. The standard InChI is InChI=1S/C21H21Cl2N3O2/c1-3-26-12-18(23)19(25-26)11-24-21(27)16-6-4-5-15(10-16)13-28-20-8-7-17(22)9-14(20)2/h4-10,12H,3,11,13H2,1-2H3,(H,24,27). The summed E-state index contributed by atoms with van der Waals surface area (Å²) in [6, 6.07) is 12.8. The first-order valence-corrected chi connectivity index (χ1v) is 9.69. The molecule has 0 unspecified atom stereocenters. The lowest BCUT2D eigenvalue weighted by Crippen LogP contribution is -2.23. The second-order valence-corrected chi connectivity index (χ2v) is 7.20. The van der Waals surface area contributed by atoms with Gasteiger partial charge in [-0.05, 0) is 55.3 Å². The molecule has 0 bridgehead atoms. The Morgan fingerprint density at radius 1 is 1.21 bits per heavy atom. The van der Waals surface area contributed by atoms with Gasteiger partial charge < -0.3 is 10.1 Å². The van der Waals surface area contributed by atoms with E-state index in [0.717, 1.165) is 23.4 Å². The quantitative estimate of drug-likeness (QED) is 0.586. The van der Waals surface area contributed by atoms with Gasteiger partial charge in [0.15, 0.2) is 0 Å². The van der Waals surface area contributed by atoms with E-state index in [1.54, 1.807) is 23.0 Å². The van der Waals surface area contributed by atoms with E-state index in [9.17, 15) is 4.79 Å². The fourth-order valence-electron chi connectivity index (χ4n) is 2.72. The van der Waals surface area contributed by atoms with Gasteiger partial charge in [-0.1, -0.05) is 35.3 Å². The van der Waals surface area contributed by atoms with Gasteiger partial charge in [-0.25, -0.2) is 0 Å². The molecule has 5 nitrogen and oxygen atoms in total. The van der Waals surface area contributed by atoms with E-state index in [1.807, 2.05) is 44.2 Å². The summed E-state index contributed by atoms with van der Waals surface area (Å²) in [7, 11) is 0. The fraction of sp³-hybridized carbons (Fsp3) is 0.238. The van der Waals surface area contributed by atoms with Gasteiger partial charge in [0.2, 0.25) is 0 Å². The van der Waals surface area contributed by atoms with E-state index in [-0.39, 0.29) is 12.5 Å². The van der Waals surface area contributed by atoms with Crippen LogP contribution in [0.5, 0.6) is 5.75 Å². The molecule has 2 aromatic carbocycles. The molecule has 1 heterocycles. The van der Waals surface area contributed by atoms with Gasteiger partial charge in [-0.2, -0.15) is 5.10 Å². The van der Waals surface area contributed by atoms with Crippen molar-refractivity contribution < 1.29 is 9.53 Å². The highest BCUT2D eigenvalue weighted by Crippen LogP contribution is 2.23. The molecule has 3 aromatic rings. The van der Waals surface area contributed by atoms with E-state index in [0.29, 0.717) is 27.9 Å². The summed E-state index contributed by atoms with van der Waals surface area (Å²) in [5, 5.41) is 8.40. The number of hydrogen-bond acceptors (Lipinski definition) is 3. The van der Waals surface area contributed by atoms with Crippen molar-refractivity contribution in [3.8, 4) is 5.75 Å². The second kappa shape index (κ2) is 9.13. The number of hydrogen-bond donors (Lipinski definition) is 1. The summed E-state index contributed by atoms with van der Waals surface area (Å²) in [6.45, 7) is 5.27. The highest BCUT2D eigenvalue weighted by Gasteiger charge is 2.11. The topological polar surface area (TPSA) is 56.2 Å². The monoisotopic (exact) mass is 417 g/mol. The van der Waals surface area contributed by atoms with E-state index < -0.39 is 0 Å². The number of nitrogens with one attached hydrogen (secondary N) is 1. The molecule has 7 heteroatoms. The van der Waals surface area contributed by atoms with Crippen LogP contribution in [-0.2, 0) is 19.7 Å². The zero-order chi connectivity index (χ0) is 20.1. The number of carbonyl (C=O) groups is 1. The number of amides is 1. The van der Waals surface area contributed by atoms with Crippen LogP contribution in [0.3, 0.4) is 0 Å². The molecule has 0 spiro atoms. The number of nitrogens with zero attached hydrogens (tertiary/aromatic N) is 2. The number of rotatable bonds is 7. The van der Waals surface area contributed by atoms with Crippen molar-refractivity contribution in [3.63, 3.8) is 0 Å². The Labute approximate surface area is 174 Å². The first-order valence-electron chi connectivity index (χ1n) is 8.94. The Morgan fingerprint density at radius 2 is 2.04 bits per heavy atom. The van der Waals surface area contributed by atoms with Gasteiger partial charge in [0.05, 0.1) is 11.6 Å². The van der Waals surface area contributed by atoms with Crippen LogP contribution < -0.4 is 10.1 Å². The van der Waals surface area contributed by atoms with Crippen molar-refractivity contribution in [2.45, 2.75) is 33.5 Å². The molecule has 146 valence electrons. The van der Waals surface area contributed by atoms with Crippen molar-refractivity contribution in [3.05, 3.63) is 81.1 Å². The SMILES string of the molecule is CCn1cc(Cl)c(CNC(=O)c2cccc(COc3ccc(Cl)cc3C)c2)n1. The van der Waals surface area contributed by atoms with Gasteiger partial charge in [0, 0.05) is 23.3 Å². The van der Waals surface area contributed by atoms with Crippen molar-refractivity contribution in [2.24, 2.45) is 0 Å². The fourth-order valence-corrected chi connectivity index (χ4v) is 3.17. The lowest BCUT2D eigenvalue weighted by Gasteiger charge is -2.10. The third-order valence-corrected chi connectivity index (χ3v) is 4.80. The van der Waals surface area contributed by atoms with Crippen LogP contribution in [0.15, 0.2) is 48.7 Å². The molecule has 0 saturated carbocycles. The maximum absolute atomic E-state index is 12.5. The summed E-state index contributed by atoms with van der Waals surface area (Å²) in [5.74, 6) is 0.576. The number of halogens is 2. The van der Waals surface area contributed by atoms with E-state index in [4.69, 9.17) is 27.9 Å². The molecular weight excluding hydrogens is 397 g/mol. The molecule has 3 rings (SSSR count). The minimum absolute atomic E-state index is 0.188. The predicted octanol–water partition coefficient (Wildman–Crippen LogP) is 5.03. The predicted molar refractivity (Wildman–Crippen MR) is 111 cm³/mol. The van der Waals surface area contributed by atoms with Crippen LogP contribution in [0.25, 0.3) is 0 Å². The molecule has 1 N–H and O–H groups in total. The normalized spacial score (nSPS) is 10.7. The third kappa shape index (κ3) is 5.06. The molecule has 0 saturated heterocycles. The first-order chi connectivity index (χ1) is 13.5. The van der Waals surface area contributed by atoms with Gasteiger partial charge in [-0.15, -0.1) is 0 Å². The van der Waals surface area contributed by atoms with E-state index in [1.165, 1.54) is 0 Å². The molecule has 0 atom stereocenters. The number of ether oxygens (including phenoxy) is 1. The van der Waals surface area contributed by atoms with Gasteiger partial charge >= 0.3 is 0 Å². The lowest BCUT2D eigenvalue weighted by molar-refractivity contribution is 0.0950. The smallest absolute Gasteiger partial charge is 0.251 e. The average molecular weight is 418 g/mol. The maximum atomic E-state index is 12.5. The third-order valence-electron chi connectivity index (χ3n) is 4.25. The lowest BCUT2D eigenvalue weighted by atomic mass is 10.1. The molecule has 0 fully saturated rings. The number of aromatic nitrogens is 2. The molecule has 0 aliphatic heterocycles. The number of benzene rings is 2. The number of aryl methyl sites for hydroxylation is 2. The summed E-state index contributed by atoms with van der Waals surface area (Å²) < 4.78 is 7.59. The van der Waals surface area contributed by atoms with Crippen LogP contribution >= 0.6 is 23.2 Å². The minimum atomic E-state index is -0.188. The highest BCUT2D eigenvalue weighted by atomic mass is 35.5. The Morgan fingerprint density at radius 3 is 2.75 bits per heavy atom. The molecule has 0 aliphatic carbocycles. The molecule has 0 aliphatic rings. The van der Waals surface area contributed by atoms with Crippen molar-refractivity contribution in [2.75, 3.05) is 0 Å². The van der Waals surface area contributed by atoms with Crippen molar-refractivity contribution in [1.82, 2.24) is 15.1 Å².